The molecule has 1 aliphatic rings. The highest BCUT2D eigenvalue weighted by Gasteiger charge is 2.29. The van der Waals surface area contributed by atoms with Gasteiger partial charge in [-0.2, -0.15) is 0 Å². The van der Waals surface area contributed by atoms with E-state index in [2.05, 4.69) is 15.5 Å². The molecule has 0 atom stereocenters. The molecule has 2 heterocycles. The van der Waals surface area contributed by atoms with Crippen LogP contribution in [0.3, 0.4) is 0 Å². The van der Waals surface area contributed by atoms with Crippen LogP contribution >= 0.6 is 11.3 Å². The number of nitrogens with one attached hydrogen (secondary N) is 1. The number of hydrogen-bond donors (Lipinski definition) is 3. The van der Waals surface area contributed by atoms with Gasteiger partial charge in [-0.25, -0.2) is 0 Å². The lowest BCUT2D eigenvalue weighted by Crippen LogP contribution is -2.37. The minimum Gasteiger partial charge on any atom is -0.508 e. The molecule has 2 aromatic rings. The van der Waals surface area contributed by atoms with Crippen molar-refractivity contribution in [2.75, 3.05) is 25.1 Å². The van der Waals surface area contributed by atoms with E-state index in [1.54, 1.807) is 12.1 Å². The quantitative estimate of drug-likeness (QED) is 0.783. The topological polar surface area (TPSA) is 87.5 Å². The Morgan fingerprint density at radius 1 is 1.18 bits per heavy atom. The maximum atomic E-state index is 10.4. The van der Waals surface area contributed by atoms with Crippen LogP contribution in [0.4, 0.5) is 5.13 Å². The lowest BCUT2D eigenvalue weighted by molar-refractivity contribution is -0.0657. The van der Waals surface area contributed by atoms with Crippen molar-refractivity contribution >= 4 is 16.5 Å². The summed E-state index contributed by atoms with van der Waals surface area (Å²) in [5.74, 6) is 0.233. The van der Waals surface area contributed by atoms with Gasteiger partial charge >= 0.3 is 0 Å². The molecule has 1 saturated heterocycles. The van der Waals surface area contributed by atoms with E-state index < -0.39 is 5.60 Å². The second kappa shape index (κ2) is 6.60. The Balaban J connectivity index is 1.54. The van der Waals surface area contributed by atoms with Crippen molar-refractivity contribution in [3.8, 4) is 16.3 Å². The Hall–Kier alpha value is -1.70. The SMILES string of the molecule is Oc1ccc(-c2nnc(NCCC3(O)CCOCC3)s2)cc1. The van der Waals surface area contributed by atoms with Crippen LogP contribution < -0.4 is 5.32 Å². The third kappa shape index (κ3) is 3.73. The van der Waals surface area contributed by atoms with E-state index in [0.29, 0.717) is 39.0 Å². The van der Waals surface area contributed by atoms with E-state index in [9.17, 15) is 10.2 Å². The van der Waals surface area contributed by atoms with Crippen LogP contribution in [0.15, 0.2) is 24.3 Å². The Morgan fingerprint density at radius 2 is 1.91 bits per heavy atom. The standard InChI is InChI=1S/C15H19N3O3S/c19-12-3-1-11(2-4-12)13-17-18-14(22-13)16-8-5-15(20)6-9-21-10-7-15/h1-4,19-20H,5-10H2,(H,16,18). The molecular formula is C15H19N3O3S. The van der Waals surface area contributed by atoms with Crippen molar-refractivity contribution in [1.82, 2.24) is 10.2 Å². The van der Waals surface area contributed by atoms with Crippen molar-refractivity contribution in [2.24, 2.45) is 0 Å². The van der Waals surface area contributed by atoms with Crippen molar-refractivity contribution in [2.45, 2.75) is 24.9 Å². The van der Waals surface area contributed by atoms with Crippen LogP contribution in [0.1, 0.15) is 19.3 Å². The highest BCUT2D eigenvalue weighted by atomic mass is 32.1. The number of benzene rings is 1. The van der Waals surface area contributed by atoms with Gasteiger partial charge < -0.3 is 20.3 Å². The average molecular weight is 321 g/mol. The largest absolute Gasteiger partial charge is 0.508 e. The third-order valence-electron chi connectivity index (χ3n) is 3.83. The molecule has 6 nitrogen and oxygen atoms in total. The van der Waals surface area contributed by atoms with Crippen LogP contribution in [-0.2, 0) is 4.74 Å². The summed E-state index contributed by atoms with van der Waals surface area (Å²) in [4.78, 5) is 0. The van der Waals surface area contributed by atoms with Crippen LogP contribution in [-0.4, -0.2) is 45.8 Å². The molecule has 0 spiro atoms. The van der Waals surface area contributed by atoms with E-state index in [4.69, 9.17) is 4.74 Å². The summed E-state index contributed by atoms with van der Waals surface area (Å²) in [5, 5.41) is 32.7. The molecule has 1 fully saturated rings. The highest BCUT2D eigenvalue weighted by molar-refractivity contribution is 7.18. The third-order valence-corrected chi connectivity index (χ3v) is 4.76. The molecule has 0 aliphatic carbocycles. The minimum atomic E-state index is -0.629. The molecule has 3 rings (SSSR count). The fourth-order valence-electron chi connectivity index (χ4n) is 2.42. The van der Waals surface area contributed by atoms with E-state index in [0.717, 1.165) is 15.7 Å². The molecule has 1 aromatic heterocycles. The number of phenolic OH excluding ortho intramolecular Hbond substituents is 1. The molecular weight excluding hydrogens is 302 g/mol. The first-order valence-corrected chi connectivity index (χ1v) is 8.13. The number of aromatic hydroxyl groups is 1. The van der Waals surface area contributed by atoms with Crippen molar-refractivity contribution in [3.63, 3.8) is 0 Å². The smallest absolute Gasteiger partial charge is 0.206 e. The Bertz CT molecular complexity index is 609. The monoisotopic (exact) mass is 321 g/mol. The normalized spacial score (nSPS) is 17.3. The summed E-state index contributed by atoms with van der Waals surface area (Å²) < 4.78 is 5.27. The van der Waals surface area contributed by atoms with Crippen LogP contribution in [0.5, 0.6) is 5.75 Å². The summed E-state index contributed by atoms with van der Waals surface area (Å²) in [6.07, 6.45) is 2.04. The summed E-state index contributed by atoms with van der Waals surface area (Å²) in [5.41, 5.74) is 0.293. The number of rotatable bonds is 5. The molecule has 1 aliphatic heterocycles. The predicted molar refractivity (Wildman–Crippen MR) is 85.1 cm³/mol. The molecule has 7 heteroatoms. The van der Waals surface area contributed by atoms with E-state index >= 15 is 0 Å². The maximum absolute atomic E-state index is 10.4. The zero-order chi connectivity index (χ0) is 15.4. The highest BCUT2D eigenvalue weighted by Crippen LogP contribution is 2.28. The van der Waals surface area contributed by atoms with Crippen molar-refractivity contribution < 1.29 is 14.9 Å². The lowest BCUT2D eigenvalue weighted by Gasteiger charge is -2.31. The summed E-state index contributed by atoms with van der Waals surface area (Å²) in [7, 11) is 0. The lowest BCUT2D eigenvalue weighted by atomic mass is 9.91. The van der Waals surface area contributed by atoms with Gasteiger partial charge in [0.1, 0.15) is 10.8 Å². The first kappa shape index (κ1) is 15.2. The fraction of sp³-hybridized carbons (Fsp3) is 0.467. The second-order valence-electron chi connectivity index (χ2n) is 5.47. The van der Waals surface area contributed by atoms with Crippen LogP contribution in [0, 0.1) is 0 Å². The molecule has 0 saturated carbocycles. The molecule has 0 bridgehead atoms. The molecule has 1 aromatic carbocycles. The van der Waals surface area contributed by atoms with Gasteiger partial charge in [-0.1, -0.05) is 11.3 Å². The molecule has 118 valence electrons. The summed E-state index contributed by atoms with van der Waals surface area (Å²) >= 11 is 1.46. The minimum absolute atomic E-state index is 0.233. The number of nitrogens with zero attached hydrogens (tertiary/aromatic N) is 2. The Labute approximate surface area is 132 Å². The molecule has 22 heavy (non-hydrogen) atoms. The fourth-order valence-corrected chi connectivity index (χ4v) is 3.19. The Morgan fingerprint density at radius 3 is 2.64 bits per heavy atom. The summed E-state index contributed by atoms with van der Waals surface area (Å²) in [6.45, 7) is 1.90. The van der Waals surface area contributed by atoms with Gasteiger partial charge in [0.15, 0.2) is 0 Å². The average Bonchev–Trinajstić information content (AvgIpc) is 2.97. The van der Waals surface area contributed by atoms with Gasteiger partial charge in [0.05, 0.1) is 5.60 Å². The predicted octanol–water partition coefficient (Wildman–Crippen LogP) is 2.25. The zero-order valence-electron chi connectivity index (χ0n) is 12.2. The van der Waals surface area contributed by atoms with Crippen LogP contribution in [0.25, 0.3) is 10.6 Å². The van der Waals surface area contributed by atoms with E-state index in [-0.39, 0.29) is 5.75 Å². The molecule has 0 radical (unpaired) electrons. The molecule has 0 unspecified atom stereocenters. The van der Waals surface area contributed by atoms with Gasteiger partial charge in [-0.3, -0.25) is 0 Å². The second-order valence-corrected chi connectivity index (χ2v) is 6.45. The number of ether oxygens (including phenoxy) is 1. The zero-order valence-corrected chi connectivity index (χ0v) is 13.0. The summed E-state index contributed by atoms with van der Waals surface area (Å²) in [6, 6.07) is 6.88. The number of anilines is 1. The molecule has 3 N–H and O–H groups in total. The number of aromatic nitrogens is 2. The van der Waals surface area contributed by atoms with Gasteiger partial charge in [0.2, 0.25) is 5.13 Å². The van der Waals surface area contributed by atoms with E-state index in [1.807, 2.05) is 12.1 Å². The van der Waals surface area contributed by atoms with Gasteiger partial charge in [-0.05, 0) is 43.5 Å². The van der Waals surface area contributed by atoms with Crippen LogP contribution in [0.2, 0.25) is 0 Å². The van der Waals surface area contributed by atoms with Gasteiger partial charge in [0, 0.05) is 25.3 Å². The number of phenols is 1. The maximum Gasteiger partial charge on any atom is 0.206 e. The van der Waals surface area contributed by atoms with Gasteiger partial charge in [0.25, 0.3) is 0 Å². The van der Waals surface area contributed by atoms with Gasteiger partial charge in [-0.15, -0.1) is 10.2 Å². The number of hydrogen-bond acceptors (Lipinski definition) is 7. The van der Waals surface area contributed by atoms with E-state index in [1.165, 1.54) is 11.3 Å². The first-order chi connectivity index (χ1) is 10.6. The number of aliphatic hydroxyl groups is 1. The Kier molecular flexibility index (Phi) is 4.56. The van der Waals surface area contributed by atoms with Crippen molar-refractivity contribution in [3.05, 3.63) is 24.3 Å². The van der Waals surface area contributed by atoms with Crippen molar-refractivity contribution in [1.29, 1.82) is 0 Å². The molecule has 0 amide bonds. The first-order valence-electron chi connectivity index (χ1n) is 7.32.